The van der Waals surface area contributed by atoms with Gasteiger partial charge in [-0.2, -0.15) is 0 Å². The van der Waals surface area contributed by atoms with Gasteiger partial charge in [-0.25, -0.2) is 0 Å². The summed E-state index contributed by atoms with van der Waals surface area (Å²) in [7, 11) is 0. The van der Waals surface area contributed by atoms with Gasteiger partial charge in [-0.15, -0.1) is 0 Å². The maximum atomic E-state index is 9.78. The van der Waals surface area contributed by atoms with Crippen LogP contribution in [0, 0.1) is 6.92 Å². The monoisotopic (exact) mass is 331 g/mol. The van der Waals surface area contributed by atoms with E-state index in [4.69, 9.17) is 15.2 Å². The first kappa shape index (κ1) is 16.4. The molecule has 0 aromatic heterocycles. The minimum Gasteiger partial charge on any atom is -0.490 e. The third-order valence-electron chi connectivity index (χ3n) is 2.58. The summed E-state index contributed by atoms with van der Waals surface area (Å²) in [6.45, 7) is 6.68. The minimum atomic E-state index is -0.643. The molecule has 1 aromatic carbocycles. The van der Waals surface area contributed by atoms with E-state index < -0.39 is 6.10 Å². The lowest BCUT2D eigenvalue weighted by Crippen LogP contribution is -2.25. The van der Waals surface area contributed by atoms with Crippen LogP contribution in [0.4, 0.5) is 0 Å². The summed E-state index contributed by atoms with van der Waals surface area (Å²) in [5.74, 6) is 0.745. The zero-order valence-corrected chi connectivity index (χ0v) is 13.2. The number of rotatable bonds is 7. The number of aliphatic hydroxyl groups is 1. The van der Waals surface area contributed by atoms with Crippen molar-refractivity contribution in [2.45, 2.75) is 39.5 Å². The standard InChI is InChI=1S/C14H22BrNO3/c1-9(2)18-7-13(17)8-19-14-10(3)4-12(15)5-11(14)6-16/h4-5,9,13,17H,6-8,16H2,1-3H3. The van der Waals surface area contributed by atoms with Crippen molar-refractivity contribution in [2.75, 3.05) is 13.2 Å². The number of aliphatic hydroxyl groups excluding tert-OH is 1. The zero-order valence-electron chi connectivity index (χ0n) is 11.6. The molecule has 0 radical (unpaired) electrons. The van der Waals surface area contributed by atoms with Crippen LogP contribution in [0.1, 0.15) is 25.0 Å². The average molecular weight is 332 g/mol. The van der Waals surface area contributed by atoms with Gasteiger partial charge < -0.3 is 20.3 Å². The lowest BCUT2D eigenvalue weighted by molar-refractivity contribution is -0.0125. The van der Waals surface area contributed by atoms with E-state index in [0.29, 0.717) is 6.54 Å². The van der Waals surface area contributed by atoms with Crippen molar-refractivity contribution < 1.29 is 14.6 Å². The van der Waals surface area contributed by atoms with Crippen LogP contribution >= 0.6 is 15.9 Å². The highest BCUT2D eigenvalue weighted by molar-refractivity contribution is 9.10. The molecular weight excluding hydrogens is 310 g/mol. The van der Waals surface area contributed by atoms with E-state index in [2.05, 4.69) is 15.9 Å². The van der Waals surface area contributed by atoms with Crippen LogP contribution in [0.2, 0.25) is 0 Å². The molecule has 108 valence electrons. The molecule has 1 rings (SSSR count). The molecule has 0 saturated carbocycles. The van der Waals surface area contributed by atoms with Crippen molar-refractivity contribution in [1.29, 1.82) is 0 Å². The number of halogens is 1. The fraction of sp³-hybridized carbons (Fsp3) is 0.571. The van der Waals surface area contributed by atoms with Gasteiger partial charge in [0.25, 0.3) is 0 Å². The molecule has 0 fully saturated rings. The summed E-state index contributed by atoms with van der Waals surface area (Å²) in [5.41, 5.74) is 7.62. The Labute approximate surface area is 123 Å². The van der Waals surface area contributed by atoms with E-state index in [1.807, 2.05) is 32.9 Å². The quantitative estimate of drug-likeness (QED) is 0.805. The Bertz CT molecular complexity index is 410. The summed E-state index contributed by atoms with van der Waals surface area (Å²) in [6, 6.07) is 3.89. The van der Waals surface area contributed by atoms with Crippen molar-refractivity contribution in [3.8, 4) is 5.75 Å². The molecule has 1 unspecified atom stereocenters. The Morgan fingerprint density at radius 3 is 2.58 bits per heavy atom. The Kier molecular flexibility index (Phi) is 6.79. The minimum absolute atomic E-state index is 0.101. The van der Waals surface area contributed by atoms with E-state index in [1.165, 1.54) is 0 Å². The highest BCUT2D eigenvalue weighted by atomic mass is 79.9. The molecule has 0 aliphatic rings. The molecule has 1 atom stereocenters. The predicted molar refractivity (Wildman–Crippen MR) is 79.4 cm³/mol. The second-order valence-electron chi connectivity index (χ2n) is 4.76. The fourth-order valence-corrected chi connectivity index (χ4v) is 2.31. The normalized spacial score (nSPS) is 12.8. The van der Waals surface area contributed by atoms with Gasteiger partial charge in [0.1, 0.15) is 18.5 Å². The average Bonchev–Trinajstić information content (AvgIpc) is 2.34. The largest absolute Gasteiger partial charge is 0.490 e. The van der Waals surface area contributed by atoms with Gasteiger partial charge in [0.05, 0.1) is 12.7 Å². The Morgan fingerprint density at radius 1 is 1.32 bits per heavy atom. The van der Waals surface area contributed by atoms with Gasteiger partial charge in [0.2, 0.25) is 0 Å². The number of hydrogen-bond acceptors (Lipinski definition) is 4. The van der Waals surface area contributed by atoms with E-state index in [1.54, 1.807) is 0 Å². The lowest BCUT2D eigenvalue weighted by Gasteiger charge is -2.17. The lowest BCUT2D eigenvalue weighted by atomic mass is 10.1. The highest BCUT2D eigenvalue weighted by Crippen LogP contribution is 2.27. The van der Waals surface area contributed by atoms with Gasteiger partial charge in [-0.1, -0.05) is 15.9 Å². The van der Waals surface area contributed by atoms with E-state index in [9.17, 15) is 5.11 Å². The molecule has 0 heterocycles. The molecule has 1 aromatic rings. The zero-order chi connectivity index (χ0) is 14.4. The van der Waals surface area contributed by atoms with E-state index in [-0.39, 0.29) is 19.3 Å². The summed E-state index contributed by atoms with van der Waals surface area (Å²) < 4.78 is 12.0. The molecule has 0 aliphatic heterocycles. The molecule has 4 nitrogen and oxygen atoms in total. The first-order valence-corrected chi connectivity index (χ1v) is 7.15. The number of hydrogen-bond donors (Lipinski definition) is 2. The highest BCUT2D eigenvalue weighted by Gasteiger charge is 2.11. The van der Waals surface area contributed by atoms with Gasteiger partial charge >= 0.3 is 0 Å². The van der Waals surface area contributed by atoms with Crippen LogP contribution in [0.15, 0.2) is 16.6 Å². The molecule has 3 N–H and O–H groups in total. The second kappa shape index (κ2) is 7.85. The van der Waals surface area contributed by atoms with Crippen LogP contribution in [-0.2, 0) is 11.3 Å². The molecule has 0 spiro atoms. The second-order valence-corrected chi connectivity index (χ2v) is 5.68. The van der Waals surface area contributed by atoms with Crippen molar-refractivity contribution in [2.24, 2.45) is 5.73 Å². The van der Waals surface area contributed by atoms with Gasteiger partial charge in [0.15, 0.2) is 0 Å². The Hall–Kier alpha value is -0.620. The van der Waals surface area contributed by atoms with Crippen LogP contribution in [0.5, 0.6) is 5.75 Å². The topological polar surface area (TPSA) is 64.7 Å². The molecular formula is C14H22BrNO3. The number of benzene rings is 1. The SMILES string of the molecule is Cc1cc(Br)cc(CN)c1OCC(O)COC(C)C. The first-order valence-electron chi connectivity index (χ1n) is 6.35. The van der Waals surface area contributed by atoms with Crippen molar-refractivity contribution in [1.82, 2.24) is 0 Å². The van der Waals surface area contributed by atoms with Crippen LogP contribution in [0.25, 0.3) is 0 Å². The van der Waals surface area contributed by atoms with Crippen LogP contribution < -0.4 is 10.5 Å². The van der Waals surface area contributed by atoms with E-state index in [0.717, 1.165) is 21.3 Å². The fourth-order valence-electron chi connectivity index (χ4n) is 1.69. The smallest absolute Gasteiger partial charge is 0.126 e. The van der Waals surface area contributed by atoms with Crippen LogP contribution in [0.3, 0.4) is 0 Å². The Morgan fingerprint density at radius 2 is 2.00 bits per heavy atom. The molecule has 0 bridgehead atoms. The van der Waals surface area contributed by atoms with Crippen molar-refractivity contribution in [3.05, 3.63) is 27.7 Å². The van der Waals surface area contributed by atoms with Gasteiger partial charge in [0, 0.05) is 16.6 Å². The first-order chi connectivity index (χ1) is 8.93. The van der Waals surface area contributed by atoms with Crippen molar-refractivity contribution >= 4 is 15.9 Å². The summed E-state index contributed by atoms with van der Waals surface area (Å²) in [5, 5.41) is 9.78. The van der Waals surface area contributed by atoms with Crippen LogP contribution in [-0.4, -0.2) is 30.5 Å². The predicted octanol–water partition coefficient (Wildman–Crippen LogP) is 2.38. The maximum absolute atomic E-state index is 9.78. The summed E-state index contributed by atoms with van der Waals surface area (Å²) >= 11 is 3.43. The maximum Gasteiger partial charge on any atom is 0.126 e. The number of aryl methyl sites for hydroxylation is 1. The number of ether oxygens (including phenoxy) is 2. The third-order valence-corrected chi connectivity index (χ3v) is 3.04. The molecule has 5 heteroatoms. The van der Waals surface area contributed by atoms with Gasteiger partial charge in [-0.05, 0) is 38.5 Å². The van der Waals surface area contributed by atoms with E-state index >= 15 is 0 Å². The van der Waals surface area contributed by atoms with Gasteiger partial charge in [-0.3, -0.25) is 0 Å². The molecule has 0 saturated heterocycles. The number of nitrogens with two attached hydrogens (primary N) is 1. The molecule has 19 heavy (non-hydrogen) atoms. The Balaban J connectivity index is 2.62. The third kappa shape index (κ3) is 5.48. The molecule has 0 aliphatic carbocycles. The summed E-state index contributed by atoms with van der Waals surface area (Å²) in [6.07, 6.45) is -0.542. The van der Waals surface area contributed by atoms with Crippen molar-refractivity contribution in [3.63, 3.8) is 0 Å². The molecule has 0 amide bonds. The summed E-state index contributed by atoms with van der Waals surface area (Å²) in [4.78, 5) is 0.